The van der Waals surface area contributed by atoms with E-state index in [0.717, 1.165) is 10.6 Å². The number of sulfonamides is 1. The number of nitrogens with zero attached hydrogens (tertiary/aromatic N) is 3. The van der Waals surface area contributed by atoms with Crippen molar-refractivity contribution in [3.63, 3.8) is 0 Å². The van der Waals surface area contributed by atoms with Crippen LogP contribution in [0.25, 0.3) is 0 Å². The maximum atomic E-state index is 12.5. The Bertz CT molecular complexity index is 753. The molecule has 9 heteroatoms. The summed E-state index contributed by atoms with van der Waals surface area (Å²) in [6.07, 6.45) is 1.26. The van der Waals surface area contributed by atoms with E-state index in [1.807, 2.05) is 6.92 Å². The molecule has 0 aliphatic carbocycles. The number of hydrogen-bond acceptors (Lipinski definition) is 6. The highest BCUT2D eigenvalue weighted by atomic mass is 32.2. The molecule has 112 valence electrons. The fourth-order valence-corrected chi connectivity index (χ4v) is 3.74. The second kappa shape index (κ2) is 6.14. The van der Waals surface area contributed by atoms with Crippen molar-refractivity contribution >= 4 is 38.6 Å². The highest BCUT2D eigenvalue weighted by molar-refractivity contribution is 7.89. The quantitative estimate of drug-likeness (QED) is 0.824. The van der Waals surface area contributed by atoms with Gasteiger partial charge in [-0.1, -0.05) is 12.2 Å². The summed E-state index contributed by atoms with van der Waals surface area (Å²) in [5.41, 5.74) is 8.37. The molecule has 2 N–H and O–H groups in total. The van der Waals surface area contributed by atoms with Crippen LogP contribution in [0.3, 0.4) is 0 Å². The third-order valence-electron chi connectivity index (χ3n) is 2.91. The lowest BCUT2D eigenvalue weighted by atomic mass is 10.3. The van der Waals surface area contributed by atoms with Crippen molar-refractivity contribution in [1.29, 1.82) is 0 Å². The van der Waals surface area contributed by atoms with Crippen molar-refractivity contribution in [2.24, 2.45) is 5.73 Å². The molecule has 0 aliphatic heterocycles. The van der Waals surface area contributed by atoms with Gasteiger partial charge in [-0.2, -0.15) is 4.31 Å². The fraction of sp³-hybridized carbons (Fsp3) is 0.250. The van der Waals surface area contributed by atoms with Crippen LogP contribution in [-0.4, -0.2) is 34.7 Å². The van der Waals surface area contributed by atoms with Gasteiger partial charge < -0.3 is 5.73 Å². The van der Waals surface area contributed by atoms with E-state index >= 15 is 0 Å². The van der Waals surface area contributed by atoms with Crippen molar-refractivity contribution in [1.82, 2.24) is 14.3 Å². The average molecular weight is 342 g/mol. The lowest BCUT2D eigenvalue weighted by Gasteiger charge is -2.16. The maximum Gasteiger partial charge on any atom is 0.244 e. The first kappa shape index (κ1) is 16.0. The number of nitrogens with two attached hydrogens (primary N) is 1. The zero-order chi connectivity index (χ0) is 15.6. The molecule has 6 nitrogen and oxygen atoms in total. The third-order valence-corrected chi connectivity index (χ3v) is 5.82. The Kier molecular flexibility index (Phi) is 4.67. The van der Waals surface area contributed by atoms with Crippen LogP contribution in [0.2, 0.25) is 0 Å². The first-order valence-electron chi connectivity index (χ1n) is 5.93. The topological polar surface area (TPSA) is 89.2 Å². The summed E-state index contributed by atoms with van der Waals surface area (Å²) in [6, 6.07) is 2.95. The number of hydrogen-bond donors (Lipinski definition) is 1. The zero-order valence-corrected chi connectivity index (χ0v) is 13.9. The summed E-state index contributed by atoms with van der Waals surface area (Å²) in [5, 5.41) is 0. The van der Waals surface area contributed by atoms with Gasteiger partial charge in [0.1, 0.15) is 9.88 Å². The largest absolute Gasteiger partial charge is 0.388 e. The first-order chi connectivity index (χ1) is 9.82. The molecular weight excluding hydrogens is 328 g/mol. The Hall–Kier alpha value is -1.42. The SMILES string of the molecule is Cc1ncsc1CN(C)S(=O)(=O)c1ccc(C(N)=S)nc1. The molecule has 0 atom stereocenters. The summed E-state index contributed by atoms with van der Waals surface area (Å²) in [5.74, 6) is 0. The lowest BCUT2D eigenvalue weighted by molar-refractivity contribution is 0.468. The van der Waals surface area contributed by atoms with Gasteiger partial charge in [0.05, 0.1) is 16.9 Å². The summed E-state index contributed by atoms with van der Waals surface area (Å²) in [7, 11) is -2.08. The van der Waals surface area contributed by atoms with Crippen molar-refractivity contribution in [3.8, 4) is 0 Å². The second-order valence-corrected chi connectivity index (χ2v) is 7.79. The van der Waals surface area contributed by atoms with Crippen LogP contribution in [0.5, 0.6) is 0 Å². The number of thiocarbonyl (C=S) groups is 1. The molecule has 0 bridgehead atoms. The van der Waals surface area contributed by atoms with E-state index in [1.165, 1.54) is 41.0 Å². The van der Waals surface area contributed by atoms with E-state index in [9.17, 15) is 8.42 Å². The van der Waals surface area contributed by atoms with Gasteiger partial charge in [-0.25, -0.2) is 13.4 Å². The minimum absolute atomic E-state index is 0.104. The van der Waals surface area contributed by atoms with Crippen LogP contribution in [0.4, 0.5) is 0 Å². The zero-order valence-electron chi connectivity index (χ0n) is 11.5. The van der Waals surface area contributed by atoms with Crippen molar-refractivity contribution in [2.45, 2.75) is 18.4 Å². The molecule has 0 radical (unpaired) electrons. The minimum Gasteiger partial charge on any atom is -0.388 e. The fourth-order valence-electron chi connectivity index (χ4n) is 1.62. The average Bonchev–Trinajstić information content (AvgIpc) is 2.84. The second-order valence-electron chi connectivity index (χ2n) is 4.37. The van der Waals surface area contributed by atoms with E-state index < -0.39 is 10.0 Å². The molecular formula is C12H14N4O2S3. The Morgan fingerprint density at radius 2 is 2.14 bits per heavy atom. The predicted octanol–water partition coefficient (Wildman–Crippen LogP) is 1.30. The summed E-state index contributed by atoms with van der Waals surface area (Å²) in [6.45, 7) is 2.13. The standard InChI is InChI=1S/C12H14N4O2S3/c1-8-11(20-7-15-8)6-16(2)21(17,18)9-3-4-10(12(13)19)14-5-9/h3-5,7H,6H2,1-2H3,(H2,13,19). The summed E-state index contributed by atoms with van der Waals surface area (Å²) in [4.78, 5) is 9.22. The van der Waals surface area contributed by atoms with Crippen LogP contribution < -0.4 is 5.73 Å². The number of aryl methyl sites for hydroxylation is 1. The molecule has 0 unspecified atom stereocenters. The third kappa shape index (κ3) is 3.43. The van der Waals surface area contributed by atoms with Crippen LogP contribution in [0.1, 0.15) is 16.3 Å². The van der Waals surface area contributed by atoms with E-state index in [2.05, 4.69) is 9.97 Å². The van der Waals surface area contributed by atoms with Gasteiger partial charge in [0.2, 0.25) is 10.0 Å². The molecule has 0 amide bonds. The van der Waals surface area contributed by atoms with Gasteiger partial charge >= 0.3 is 0 Å². The van der Waals surface area contributed by atoms with E-state index in [1.54, 1.807) is 5.51 Å². The highest BCUT2D eigenvalue weighted by Gasteiger charge is 2.22. The molecule has 0 saturated heterocycles. The van der Waals surface area contributed by atoms with Crippen molar-refractivity contribution < 1.29 is 8.42 Å². The molecule has 2 aromatic rings. The van der Waals surface area contributed by atoms with Crippen molar-refractivity contribution in [2.75, 3.05) is 7.05 Å². The predicted molar refractivity (Wildman–Crippen MR) is 85.6 cm³/mol. The van der Waals surface area contributed by atoms with Gasteiger partial charge in [0.15, 0.2) is 0 Å². The van der Waals surface area contributed by atoms with Crippen LogP contribution in [0, 0.1) is 6.92 Å². The number of thiazole rings is 1. The molecule has 0 aromatic carbocycles. The van der Waals surface area contributed by atoms with Crippen LogP contribution in [0.15, 0.2) is 28.7 Å². The van der Waals surface area contributed by atoms with E-state index in [4.69, 9.17) is 18.0 Å². The molecule has 2 rings (SSSR count). The molecule has 0 spiro atoms. The van der Waals surface area contributed by atoms with E-state index in [0.29, 0.717) is 5.69 Å². The van der Waals surface area contributed by atoms with Crippen molar-refractivity contribution in [3.05, 3.63) is 40.1 Å². The van der Waals surface area contributed by atoms with Gasteiger partial charge in [-0.3, -0.25) is 4.98 Å². The number of aromatic nitrogens is 2. The van der Waals surface area contributed by atoms with Crippen LogP contribution in [-0.2, 0) is 16.6 Å². The number of rotatable bonds is 5. The maximum absolute atomic E-state index is 12.5. The Morgan fingerprint density at radius 3 is 2.62 bits per heavy atom. The lowest BCUT2D eigenvalue weighted by Crippen LogP contribution is -2.26. The summed E-state index contributed by atoms with van der Waals surface area (Å²) < 4.78 is 26.2. The van der Waals surface area contributed by atoms with Gasteiger partial charge in [0, 0.05) is 24.7 Å². The first-order valence-corrected chi connectivity index (χ1v) is 8.66. The van der Waals surface area contributed by atoms with Crippen LogP contribution >= 0.6 is 23.6 Å². The molecule has 0 aliphatic rings. The Morgan fingerprint density at radius 1 is 1.43 bits per heavy atom. The molecule has 21 heavy (non-hydrogen) atoms. The monoisotopic (exact) mass is 342 g/mol. The normalized spacial score (nSPS) is 11.8. The highest BCUT2D eigenvalue weighted by Crippen LogP contribution is 2.20. The number of pyridine rings is 1. The Balaban J connectivity index is 2.24. The molecule has 2 aromatic heterocycles. The minimum atomic E-state index is -3.61. The molecule has 0 fully saturated rings. The molecule has 0 saturated carbocycles. The molecule has 2 heterocycles. The van der Waals surface area contributed by atoms with E-state index in [-0.39, 0.29) is 16.4 Å². The van der Waals surface area contributed by atoms with Gasteiger partial charge in [-0.15, -0.1) is 11.3 Å². The van der Waals surface area contributed by atoms with Gasteiger partial charge in [-0.05, 0) is 19.1 Å². The Labute approximate surface area is 132 Å². The smallest absolute Gasteiger partial charge is 0.244 e. The van der Waals surface area contributed by atoms with Gasteiger partial charge in [0.25, 0.3) is 0 Å². The summed E-state index contributed by atoms with van der Waals surface area (Å²) >= 11 is 6.22.